The molecule has 0 N–H and O–H groups in total. The van der Waals surface area contributed by atoms with Crippen LogP contribution in [-0.2, 0) is 14.3 Å². The normalized spacial score (nSPS) is 10.4. The Labute approximate surface area is 155 Å². The predicted octanol–water partition coefficient (Wildman–Crippen LogP) is 3.71. The summed E-state index contributed by atoms with van der Waals surface area (Å²) in [6.07, 6.45) is -0.943. The van der Waals surface area contributed by atoms with Crippen molar-refractivity contribution in [1.29, 1.82) is 0 Å². The fraction of sp³-hybridized carbons (Fsp3) is 0.579. The molecule has 146 valence electrons. The number of carbonyl (C=O) groups excluding carboxylic acids is 2. The average Bonchev–Trinajstić information content (AvgIpc) is 2.55. The summed E-state index contributed by atoms with van der Waals surface area (Å²) in [5.41, 5.74) is 1.27. The first-order valence-electron chi connectivity index (χ1n) is 8.87. The lowest BCUT2D eigenvalue weighted by Crippen LogP contribution is -2.38. The molecule has 0 saturated carbocycles. The molecule has 1 amide bonds. The largest absolute Gasteiger partial charge is 0.490 e. The van der Waals surface area contributed by atoms with Gasteiger partial charge in [-0.2, -0.15) is 0 Å². The Morgan fingerprint density at radius 2 is 1.69 bits per heavy atom. The van der Waals surface area contributed by atoms with Crippen LogP contribution in [0, 0.1) is 6.92 Å². The van der Waals surface area contributed by atoms with Gasteiger partial charge in [0.15, 0.2) is 11.5 Å². The summed E-state index contributed by atoms with van der Waals surface area (Å²) in [6.45, 7) is 11.7. The first kappa shape index (κ1) is 21.6. The standard InChI is InChI=1S/C19H29NO6/c1-7-23-16-11-15(10-14(6)18(16)25-9-3)20(12-17(21)24-8-2)19(22)26-13(4)5/h10-11,13H,7-9,12H2,1-6H3. The highest BCUT2D eigenvalue weighted by Crippen LogP contribution is 2.36. The lowest BCUT2D eigenvalue weighted by atomic mass is 10.1. The molecule has 7 heteroatoms. The minimum atomic E-state index is -0.626. The van der Waals surface area contributed by atoms with Crippen LogP contribution in [-0.4, -0.2) is 44.5 Å². The number of nitrogens with zero attached hydrogens (tertiary/aromatic N) is 1. The molecule has 0 aliphatic heterocycles. The zero-order valence-electron chi connectivity index (χ0n) is 16.5. The maximum atomic E-state index is 12.5. The van der Waals surface area contributed by atoms with Gasteiger partial charge in [0.25, 0.3) is 0 Å². The summed E-state index contributed by atoms with van der Waals surface area (Å²) in [7, 11) is 0. The Hall–Kier alpha value is -2.44. The van der Waals surface area contributed by atoms with Crippen molar-refractivity contribution in [2.75, 3.05) is 31.3 Å². The number of esters is 1. The lowest BCUT2D eigenvalue weighted by molar-refractivity contribution is -0.141. The van der Waals surface area contributed by atoms with Crippen molar-refractivity contribution in [3.63, 3.8) is 0 Å². The zero-order valence-corrected chi connectivity index (χ0v) is 16.5. The molecule has 0 atom stereocenters. The van der Waals surface area contributed by atoms with Crippen LogP contribution >= 0.6 is 0 Å². The molecule has 7 nitrogen and oxygen atoms in total. The number of amides is 1. The fourth-order valence-electron chi connectivity index (χ4n) is 2.33. The summed E-state index contributed by atoms with van der Waals surface area (Å²) < 4.78 is 21.5. The fourth-order valence-corrected chi connectivity index (χ4v) is 2.33. The molecule has 0 radical (unpaired) electrons. The van der Waals surface area contributed by atoms with Crippen molar-refractivity contribution in [3.05, 3.63) is 17.7 Å². The van der Waals surface area contributed by atoms with Gasteiger partial charge < -0.3 is 18.9 Å². The number of anilines is 1. The van der Waals surface area contributed by atoms with Crippen molar-refractivity contribution in [3.8, 4) is 11.5 Å². The summed E-state index contributed by atoms with van der Waals surface area (Å²) >= 11 is 0. The van der Waals surface area contributed by atoms with E-state index in [0.717, 1.165) is 5.56 Å². The second kappa shape index (κ2) is 10.5. The highest BCUT2D eigenvalue weighted by Gasteiger charge is 2.24. The van der Waals surface area contributed by atoms with Gasteiger partial charge in [-0.15, -0.1) is 0 Å². The molecule has 0 aliphatic carbocycles. The van der Waals surface area contributed by atoms with Crippen molar-refractivity contribution in [2.24, 2.45) is 0 Å². The van der Waals surface area contributed by atoms with Gasteiger partial charge in [0, 0.05) is 6.07 Å². The number of hydrogen-bond donors (Lipinski definition) is 0. The van der Waals surface area contributed by atoms with Crippen LogP contribution < -0.4 is 14.4 Å². The maximum Gasteiger partial charge on any atom is 0.415 e. The van der Waals surface area contributed by atoms with Gasteiger partial charge >= 0.3 is 12.1 Å². The molecule has 0 spiro atoms. The Balaban J connectivity index is 3.30. The van der Waals surface area contributed by atoms with Gasteiger partial charge in [-0.25, -0.2) is 4.79 Å². The molecule has 1 aromatic carbocycles. The van der Waals surface area contributed by atoms with E-state index >= 15 is 0 Å². The van der Waals surface area contributed by atoms with Crippen LogP contribution in [0.25, 0.3) is 0 Å². The minimum absolute atomic E-state index is 0.235. The van der Waals surface area contributed by atoms with E-state index in [0.29, 0.717) is 30.4 Å². The highest BCUT2D eigenvalue weighted by molar-refractivity contribution is 5.94. The predicted molar refractivity (Wildman–Crippen MR) is 99.1 cm³/mol. The number of rotatable bonds is 9. The molecular formula is C19H29NO6. The van der Waals surface area contributed by atoms with E-state index in [4.69, 9.17) is 18.9 Å². The Morgan fingerprint density at radius 3 is 2.23 bits per heavy atom. The summed E-state index contributed by atoms with van der Waals surface area (Å²) in [5, 5.41) is 0. The first-order valence-corrected chi connectivity index (χ1v) is 8.87. The molecule has 26 heavy (non-hydrogen) atoms. The Kier molecular flexibility index (Phi) is 8.75. The lowest BCUT2D eigenvalue weighted by Gasteiger charge is -2.24. The van der Waals surface area contributed by atoms with Gasteiger partial charge in [-0.1, -0.05) is 0 Å². The van der Waals surface area contributed by atoms with Crippen LogP contribution in [0.4, 0.5) is 10.5 Å². The molecule has 0 saturated heterocycles. The third kappa shape index (κ3) is 6.13. The van der Waals surface area contributed by atoms with Gasteiger partial charge in [0.1, 0.15) is 6.54 Å². The van der Waals surface area contributed by atoms with Crippen LogP contribution in [0.1, 0.15) is 40.2 Å². The number of aryl methyl sites for hydroxylation is 1. The Morgan fingerprint density at radius 1 is 1.04 bits per heavy atom. The topological polar surface area (TPSA) is 74.3 Å². The highest BCUT2D eigenvalue weighted by atomic mass is 16.6. The zero-order chi connectivity index (χ0) is 19.7. The van der Waals surface area contributed by atoms with Crippen LogP contribution in [0.3, 0.4) is 0 Å². The number of ether oxygens (including phenoxy) is 4. The van der Waals surface area contributed by atoms with E-state index in [-0.39, 0.29) is 19.3 Å². The van der Waals surface area contributed by atoms with Crippen molar-refractivity contribution >= 4 is 17.7 Å². The molecular weight excluding hydrogens is 338 g/mol. The van der Waals surface area contributed by atoms with E-state index in [1.165, 1.54) is 4.90 Å². The minimum Gasteiger partial charge on any atom is -0.490 e. The van der Waals surface area contributed by atoms with Crippen molar-refractivity contribution < 1.29 is 28.5 Å². The molecule has 0 fully saturated rings. The molecule has 1 aromatic rings. The second-order valence-corrected chi connectivity index (χ2v) is 5.78. The van der Waals surface area contributed by atoms with Gasteiger partial charge in [0.05, 0.1) is 31.6 Å². The van der Waals surface area contributed by atoms with E-state index < -0.39 is 12.1 Å². The van der Waals surface area contributed by atoms with Crippen LogP contribution in [0.2, 0.25) is 0 Å². The second-order valence-electron chi connectivity index (χ2n) is 5.78. The maximum absolute atomic E-state index is 12.5. The van der Waals surface area contributed by atoms with Crippen LogP contribution in [0.5, 0.6) is 11.5 Å². The smallest absolute Gasteiger partial charge is 0.415 e. The summed E-state index contributed by atoms with van der Waals surface area (Å²) in [5.74, 6) is 0.611. The van der Waals surface area contributed by atoms with Gasteiger partial charge in [-0.05, 0) is 53.2 Å². The van der Waals surface area contributed by atoms with E-state index in [1.807, 2.05) is 20.8 Å². The third-order valence-corrected chi connectivity index (χ3v) is 3.27. The molecule has 0 heterocycles. The monoisotopic (exact) mass is 367 g/mol. The number of hydrogen-bond acceptors (Lipinski definition) is 6. The van der Waals surface area contributed by atoms with Crippen LogP contribution in [0.15, 0.2) is 12.1 Å². The molecule has 1 rings (SSSR count). The first-order chi connectivity index (χ1) is 12.3. The van der Waals surface area contributed by atoms with E-state index in [2.05, 4.69) is 0 Å². The molecule has 0 unspecified atom stereocenters. The molecule has 0 aliphatic rings. The van der Waals surface area contributed by atoms with E-state index in [9.17, 15) is 9.59 Å². The Bertz CT molecular complexity index is 614. The summed E-state index contributed by atoms with van der Waals surface area (Å²) in [4.78, 5) is 25.7. The van der Waals surface area contributed by atoms with Crippen molar-refractivity contribution in [1.82, 2.24) is 0 Å². The van der Waals surface area contributed by atoms with Crippen molar-refractivity contribution in [2.45, 2.75) is 47.6 Å². The number of carbonyl (C=O) groups is 2. The number of benzene rings is 1. The summed E-state index contributed by atoms with van der Waals surface area (Å²) in [6, 6.07) is 3.43. The molecule has 0 bridgehead atoms. The third-order valence-electron chi connectivity index (χ3n) is 3.27. The molecule has 0 aromatic heterocycles. The van der Waals surface area contributed by atoms with Gasteiger partial charge in [-0.3, -0.25) is 9.69 Å². The van der Waals surface area contributed by atoms with Gasteiger partial charge in [0.2, 0.25) is 0 Å². The van der Waals surface area contributed by atoms with E-state index in [1.54, 1.807) is 32.9 Å². The quantitative estimate of drug-likeness (QED) is 0.620. The average molecular weight is 367 g/mol. The SMILES string of the molecule is CCOC(=O)CN(C(=O)OC(C)C)c1cc(C)c(OCC)c(OCC)c1.